The van der Waals surface area contributed by atoms with Crippen LogP contribution in [0, 0.1) is 0 Å². The number of aliphatic hydroxyl groups is 1. The van der Waals surface area contributed by atoms with Crippen LogP contribution < -0.4 is 0 Å². The van der Waals surface area contributed by atoms with E-state index in [1.165, 1.54) is 4.90 Å². The topological polar surface area (TPSA) is 76.1 Å². The Morgan fingerprint density at radius 1 is 0.923 bits per heavy atom. The summed E-state index contributed by atoms with van der Waals surface area (Å²) in [4.78, 5) is 25.9. The van der Waals surface area contributed by atoms with Crippen molar-refractivity contribution in [3.05, 3.63) is 71.8 Å². The van der Waals surface area contributed by atoms with Crippen molar-refractivity contribution in [3.8, 4) is 0 Å². The number of rotatable bonds is 5. The third-order valence-electron chi connectivity index (χ3n) is 4.21. The van der Waals surface area contributed by atoms with E-state index in [2.05, 4.69) is 0 Å². The molecule has 6 nitrogen and oxygen atoms in total. The second-order valence-corrected chi connectivity index (χ2v) is 6.19. The van der Waals surface area contributed by atoms with E-state index in [1.807, 2.05) is 60.7 Å². The van der Waals surface area contributed by atoms with Crippen LogP contribution in [0.25, 0.3) is 0 Å². The predicted octanol–water partition coefficient (Wildman–Crippen LogP) is 2.50. The zero-order valence-corrected chi connectivity index (χ0v) is 14.3. The summed E-state index contributed by atoms with van der Waals surface area (Å²) in [6.07, 6.45) is -1.26. The number of hydrogen-bond acceptors (Lipinski definition) is 5. The molecule has 6 heteroatoms. The molecule has 0 radical (unpaired) electrons. The van der Waals surface area contributed by atoms with E-state index >= 15 is 0 Å². The molecule has 1 heterocycles. The highest BCUT2D eigenvalue weighted by atomic mass is 16.6. The van der Waals surface area contributed by atoms with Gasteiger partial charge >= 0.3 is 12.1 Å². The van der Waals surface area contributed by atoms with Gasteiger partial charge in [0, 0.05) is 6.42 Å². The molecule has 1 saturated heterocycles. The number of nitrogens with zero attached hydrogens (tertiary/aromatic N) is 1. The van der Waals surface area contributed by atoms with Crippen LogP contribution in [0.2, 0.25) is 0 Å². The standard InChI is InChI=1S/C20H21NO5/c22-17-11-18(19(23)25-13-15-7-3-1-4-8-15)21(12-17)20(24)26-14-16-9-5-2-6-10-16/h1-10,17-18,22H,11-14H2/t17-,18+/m1/s1. The molecular formula is C20H21NO5. The summed E-state index contributed by atoms with van der Waals surface area (Å²) in [6.45, 7) is 0.288. The van der Waals surface area contributed by atoms with Crippen LogP contribution in [0.3, 0.4) is 0 Å². The van der Waals surface area contributed by atoms with E-state index in [0.717, 1.165) is 11.1 Å². The zero-order chi connectivity index (χ0) is 18.4. The molecule has 2 aromatic rings. The van der Waals surface area contributed by atoms with Crippen molar-refractivity contribution in [1.29, 1.82) is 0 Å². The largest absolute Gasteiger partial charge is 0.459 e. The third-order valence-corrected chi connectivity index (χ3v) is 4.21. The Hall–Kier alpha value is -2.86. The first-order chi connectivity index (χ1) is 12.6. The summed E-state index contributed by atoms with van der Waals surface area (Å²) < 4.78 is 10.6. The van der Waals surface area contributed by atoms with Gasteiger partial charge in [-0.05, 0) is 11.1 Å². The second-order valence-electron chi connectivity index (χ2n) is 6.19. The van der Waals surface area contributed by atoms with E-state index in [1.54, 1.807) is 0 Å². The van der Waals surface area contributed by atoms with Gasteiger partial charge < -0.3 is 14.6 Å². The number of amides is 1. The van der Waals surface area contributed by atoms with Crippen molar-refractivity contribution in [2.75, 3.05) is 6.54 Å². The Morgan fingerprint density at radius 3 is 2.04 bits per heavy atom. The number of β-amino-alcohol motifs (C(OH)–C–C–N with tert-alkyl or cyclic N) is 1. The lowest BCUT2D eigenvalue weighted by Gasteiger charge is -2.22. The number of benzene rings is 2. The summed E-state index contributed by atoms with van der Waals surface area (Å²) in [5.41, 5.74) is 1.71. The lowest BCUT2D eigenvalue weighted by Crippen LogP contribution is -2.41. The average Bonchev–Trinajstić information content (AvgIpc) is 3.08. The normalized spacial score (nSPS) is 19.2. The van der Waals surface area contributed by atoms with Crippen LogP contribution in [-0.4, -0.2) is 40.8 Å². The molecule has 1 fully saturated rings. The molecule has 1 N–H and O–H groups in total. The minimum absolute atomic E-state index is 0.0543. The van der Waals surface area contributed by atoms with Crippen LogP contribution in [0.15, 0.2) is 60.7 Å². The van der Waals surface area contributed by atoms with Gasteiger partial charge in [-0.3, -0.25) is 4.90 Å². The van der Waals surface area contributed by atoms with Crippen molar-refractivity contribution in [3.63, 3.8) is 0 Å². The van der Waals surface area contributed by atoms with Crippen LogP contribution in [0.1, 0.15) is 17.5 Å². The number of carbonyl (C=O) groups is 2. The monoisotopic (exact) mass is 355 g/mol. The number of ether oxygens (including phenoxy) is 2. The first kappa shape index (κ1) is 17.9. The van der Waals surface area contributed by atoms with Crippen molar-refractivity contribution in [1.82, 2.24) is 4.90 Å². The van der Waals surface area contributed by atoms with Gasteiger partial charge in [0.15, 0.2) is 0 Å². The zero-order valence-electron chi connectivity index (χ0n) is 14.3. The summed E-state index contributed by atoms with van der Waals surface area (Å²) in [5.74, 6) is -0.540. The Bertz CT molecular complexity index is 671. The first-order valence-electron chi connectivity index (χ1n) is 8.49. The predicted molar refractivity (Wildman–Crippen MR) is 94.0 cm³/mol. The van der Waals surface area contributed by atoms with E-state index in [-0.39, 0.29) is 26.2 Å². The van der Waals surface area contributed by atoms with E-state index in [4.69, 9.17) is 9.47 Å². The van der Waals surface area contributed by atoms with Crippen LogP contribution in [0.4, 0.5) is 4.79 Å². The number of carbonyl (C=O) groups excluding carboxylic acids is 2. The quantitative estimate of drug-likeness (QED) is 0.834. The van der Waals surface area contributed by atoms with Crippen LogP contribution >= 0.6 is 0 Å². The van der Waals surface area contributed by atoms with Gasteiger partial charge in [0.2, 0.25) is 0 Å². The van der Waals surface area contributed by atoms with E-state index in [9.17, 15) is 14.7 Å². The molecule has 0 bridgehead atoms. The summed E-state index contributed by atoms with van der Waals surface area (Å²) in [5, 5.41) is 9.88. The molecule has 0 aromatic heterocycles. The molecule has 1 aliphatic rings. The minimum Gasteiger partial charge on any atom is -0.459 e. The molecule has 3 rings (SSSR count). The maximum absolute atomic E-state index is 12.4. The Kier molecular flexibility index (Phi) is 5.86. The molecule has 136 valence electrons. The number of aliphatic hydroxyl groups excluding tert-OH is 1. The minimum atomic E-state index is -0.836. The van der Waals surface area contributed by atoms with Crippen molar-refractivity contribution in [2.45, 2.75) is 31.8 Å². The lowest BCUT2D eigenvalue weighted by atomic mass is 10.2. The van der Waals surface area contributed by atoms with Gasteiger partial charge in [-0.2, -0.15) is 0 Å². The summed E-state index contributed by atoms with van der Waals surface area (Å²) in [7, 11) is 0. The molecule has 2 atom stereocenters. The fraction of sp³-hybridized carbons (Fsp3) is 0.300. The van der Waals surface area contributed by atoms with E-state index in [0.29, 0.717) is 0 Å². The van der Waals surface area contributed by atoms with Crippen molar-refractivity contribution >= 4 is 12.1 Å². The summed E-state index contributed by atoms with van der Waals surface area (Å²) >= 11 is 0. The molecule has 0 saturated carbocycles. The van der Waals surface area contributed by atoms with Crippen molar-refractivity contribution in [2.24, 2.45) is 0 Å². The molecule has 2 aromatic carbocycles. The molecule has 26 heavy (non-hydrogen) atoms. The average molecular weight is 355 g/mol. The Morgan fingerprint density at radius 2 is 1.46 bits per heavy atom. The summed E-state index contributed by atoms with van der Waals surface area (Å²) in [6, 6.07) is 17.7. The molecule has 0 spiro atoms. The first-order valence-corrected chi connectivity index (χ1v) is 8.49. The van der Waals surface area contributed by atoms with Crippen molar-refractivity contribution < 1.29 is 24.2 Å². The van der Waals surface area contributed by atoms with Crippen LogP contribution in [-0.2, 0) is 27.5 Å². The molecule has 0 unspecified atom stereocenters. The maximum Gasteiger partial charge on any atom is 0.410 e. The maximum atomic E-state index is 12.4. The SMILES string of the molecule is O=C(OCc1ccccc1)[C@@H]1C[C@@H](O)CN1C(=O)OCc1ccccc1. The number of likely N-dealkylation sites (tertiary alicyclic amines) is 1. The Balaban J connectivity index is 1.56. The lowest BCUT2D eigenvalue weighted by molar-refractivity contribution is -0.149. The number of esters is 1. The van der Waals surface area contributed by atoms with Gasteiger partial charge in [0.25, 0.3) is 0 Å². The molecule has 1 aliphatic heterocycles. The molecule has 0 aliphatic carbocycles. The third kappa shape index (κ3) is 4.61. The van der Waals surface area contributed by atoms with Gasteiger partial charge in [0.05, 0.1) is 12.6 Å². The van der Waals surface area contributed by atoms with Gasteiger partial charge in [-0.1, -0.05) is 60.7 Å². The second kappa shape index (κ2) is 8.49. The highest BCUT2D eigenvalue weighted by molar-refractivity contribution is 5.82. The van der Waals surface area contributed by atoms with Crippen LogP contribution in [0.5, 0.6) is 0 Å². The molecular weight excluding hydrogens is 334 g/mol. The highest BCUT2D eigenvalue weighted by Crippen LogP contribution is 2.21. The van der Waals surface area contributed by atoms with Gasteiger partial charge in [0.1, 0.15) is 19.3 Å². The fourth-order valence-corrected chi connectivity index (χ4v) is 2.87. The van der Waals surface area contributed by atoms with E-state index < -0.39 is 24.2 Å². The fourth-order valence-electron chi connectivity index (χ4n) is 2.87. The van der Waals surface area contributed by atoms with Gasteiger partial charge in [-0.15, -0.1) is 0 Å². The number of hydrogen-bond donors (Lipinski definition) is 1. The Labute approximate surface area is 152 Å². The smallest absolute Gasteiger partial charge is 0.410 e. The molecule has 1 amide bonds. The van der Waals surface area contributed by atoms with Gasteiger partial charge in [-0.25, -0.2) is 9.59 Å². The highest BCUT2D eigenvalue weighted by Gasteiger charge is 2.40.